The van der Waals surface area contributed by atoms with Crippen molar-refractivity contribution in [2.45, 2.75) is 0 Å². The summed E-state index contributed by atoms with van der Waals surface area (Å²) in [5.74, 6) is 0. The fourth-order valence-electron chi connectivity index (χ4n) is 0.993. The highest BCUT2D eigenvalue weighted by Gasteiger charge is 2.01. The van der Waals surface area contributed by atoms with Gasteiger partial charge >= 0.3 is 6.33 Å². The molecular weight excluding hydrogens is 126 g/mol. The molecule has 0 amide bonds. The molecule has 0 N–H and O–H groups in total. The molecule has 3 heteroatoms. The van der Waals surface area contributed by atoms with E-state index in [1.165, 1.54) is 0 Å². The summed E-state index contributed by atoms with van der Waals surface area (Å²) < 4.78 is 3.90. The minimum absolute atomic E-state index is 0.977. The van der Waals surface area contributed by atoms with Gasteiger partial charge in [0, 0.05) is 6.07 Å². The van der Waals surface area contributed by atoms with Crippen molar-refractivity contribution in [3.8, 4) is 0 Å². The SMILES string of the molecule is C[n+]1cnc2ccccn21. The van der Waals surface area contributed by atoms with E-state index in [1.807, 2.05) is 40.6 Å². The first-order valence-electron chi connectivity index (χ1n) is 3.16. The number of pyridine rings is 1. The molecule has 0 aliphatic heterocycles. The normalized spacial score (nSPS) is 10.5. The Balaban J connectivity index is 2.93. The average molecular weight is 134 g/mol. The molecule has 0 aliphatic rings. The standard InChI is InChI=1S/C7H8N3/c1-9-6-8-7-4-2-3-5-10(7)9/h2-6H,1H3/q+1. The summed E-state index contributed by atoms with van der Waals surface area (Å²) in [7, 11) is 1.96. The third-order valence-electron chi connectivity index (χ3n) is 1.52. The van der Waals surface area contributed by atoms with E-state index < -0.39 is 0 Å². The lowest BCUT2D eigenvalue weighted by molar-refractivity contribution is -0.739. The number of rotatable bonds is 0. The van der Waals surface area contributed by atoms with Crippen LogP contribution in [0.5, 0.6) is 0 Å². The fraction of sp³-hybridized carbons (Fsp3) is 0.143. The van der Waals surface area contributed by atoms with Gasteiger partial charge in [0.2, 0.25) is 0 Å². The Labute approximate surface area is 58.5 Å². The molecule has 0 fully saturated rings. The molecule has 0 unspecified atom stereocenters. The van der Waals surface area contributed by atoms with Crippen LogP contribution in [0.4, 0.5) is 0 Å². The van der Waals surface area contributed by atoms with Crippen molar-refractivity contribution in [2.75, 3.05) is 0 Å². The van der Waals surface area contributed by atoms with Crippen molar-refractivity contribution in [1.29, 1.82) is 0 Å². The van der Waals surface area contributed by atoms with E-state index in [-0.39, 0.29) is 0 Å². The van der Waals surface area contributed by atoms with Gasteiger partial charge in [-0.25, -0.2) is 0 Å². The molecule has 0 atom stereocenters. The second-order valence-electron chi connectivity index (χ2n) is 2.22. The Morgan fingerprint density at radius 3 is 3.20 bits per heavy atom. The monoisotopic (exact) mass is 134 g/mol. The minimum Gasteiger partial charge on any atom is -0.155 e. The van der Waals surface area contributed by atoms with Crippen LogP contribution in [0.15, 0.2) is 30.7 Å². The Morgan fingerprint density at radius 1 is 1.50 bits per heavy atom. The second kappa shape index (κ2) is 1.80. The van der Waals surface area contributed by atoms with Crippen molar-refractivity contribution in [3.05, 3.63) is 30.7 Å². The predicted octanol–water partition coefficient (Wildman–Crippen LogP) is 0.159. The highest BCUT2D eigenvalue weighted by atomic mass is 15.4. The van der Waals surface area contributed by atoms with E-state index in [9.17, 15) is 0 Å². The summed E-state index contributed by atoms with van der Waals surface area (Å²) in [6.45, 7) is 0. The predicted molar refractivity (Wildman–Crippen MR) is 36.4 cm³/mol. The van der Waals surface area contributed by atoms with Crippen LogP contribution < -0.4 is 4.68 Å². The van der Waals surface area contributed by atoms with Gasteiger partial charge in [-0.05, 0) is 11.1 Å². The number of hydrogen-bond donors (Lipinski definition) is 0. The molecule has 0 saturated carbocycles. The summed E-state index contributed by atoms with van der Waals surface area (Å²) in [4.78, 5) is 4.14. The third kappa shape index (κ3) is 0.603. The molecule has 0 radical (unpaired) electrons. The van der Waals surface area contributed by atoms with E-state index in [1.54, 1.807) is 6.33 Å². The lowest BCUT2D eigenvalue weighted by atomic mass is 10.5. The first kappa shape index (κ1) is 5.41. The molecule has 50 valence electrons. The van der Waals surface area contributed by atoms with Crippen LogP contribution in [0.25, 0.3) is 5.65 Å². The maximum atomic E-state index is 4.14. The summed E-state index contributed by atoms with van der Waals surface area (Å²) in [6, 6.07) is 5.93. The maximum Gasteiger partial charge on any atom is 0.307 e. The van der Waals surface area contributed by atoms with Crippen LogP contribution in [-0.4, -0.2) is 9.50 Å². The smallest absolute Gasteiger partial charge is 0.155 e. The van der Waals surface area contributed by atoms with E-state index >= 15 is 0 Å². The minimum atomic E-state index is 0.977. The molecule has 0 aliphatic carbocycles. The first-order chi connectivity index (χ1) is 4.88. The Bertz CT molecular complexity index is 350. The first-order valence-corrected chi connectivity index (χ1v) is 3.16. The molecule has 0 aromatic carbocycles. The van der Waals surface area contributed by atoms with Gasteiger partial charge in [0.25, 0.3) is 5.65 Å². The van der Waals surface area contributed by atoms with Gasteiger partial charge < -0.3 is 0 Å². The molecule has 0 bridgehead atoms. The van der Waals surface area contributed by atoms with Crippen LogP contribution in [0.1, 0.15) is 0 Å². The van der Waals surface area contributed by atoms with Crippen LogP contribution >= 0.6 is 0 Å². The maximum absolute atomic E-state index is 4.14. The zero-order valence-electron chi connectivity index (χ0n) is 5.73. The quantitative estimate of drug-likeness (QED) is 0.470. The van der Waals surface area contributed by atoms with Gasteiger partial charge in [0.15, 0.2) is 0 Å². The van der Waals surface area contributed by atoms with Crippen molar-refractivity contribution in [1.82, 2.24) is 9.50 Å². The highest BCUT2D eigenvalue weighted by Crippen LogP contribution is 1.92. The zero-order chi connectivity index (χ0) is 6.97. The third-order valence-corrected chi connectivity index (χ3v) is 1.52. The van der Waals surface area contributed by atoms with Crippen molar-refractivity contribution in [3.63, 3.8) is 0 Å². The molecule has 3 nitrogen and oxygen atoms in total. The number of fused-ring (bicyclic) bond motifs is 1. The van der Waals surface area contributed by atoms with Gasteiger partial charge in [-0.15, -0.1) is 4.52 Å². The highest BCUT2D eigenvalue weighted by molar-refractivity contribution is 5.33. The molecule has 0 saturated heterocycles. The molecular formula is C7H8N3+. The number of nitrogens with zero attached hydrogens (tertiary/aromatic N) is 3. The van der Waals surface area contributed by atoms with Gasteiger partial charge in [-0.1, -0.05) is 6.07 Å². The van der Waals surface area contributed by atoms with Crippen molar-refractivity contribution in [2.24, 2.45) is 7.05 Å². The van der Waals surface area contributed by atoms with Gasteiger partial charge in [0.1, 0.15) is 7.05 Å². The lowest BCUT2D eigenvalue weighted by Gasteiger charge is -1.86. The van der Waals surface area contributed by atoms with Crippen LogP contribution in [0.2, 0.25) is 0 Å². The Morgan fingerprint density at radius 2 is 2.40 bits per heavy atom. The molecule has 2 aromatic heterocycles. The Kier molecular flexibility index (Phi) is 0.974. The molecule has 2 rings (SSSR count). The van der Waals surface area contributed by atoms with Gasteiger partial charge in [-0.2, -0.15) is 4.68 Å². The summed E-state index contributed by atoms with van der Waals surface area (Å²) >= 11 is 0. The van der Waals surface area contributed by atoms with E-state index in [2.05, 4.69) is 4.98 Å². The largest absolute Gasteiger partial charge is 0.307 e. The Hall–Kier alpha value is -1.38. The number of aromatic nitrogens is 3. The van der Waals surface area contributed by atoms with E-state index in [4.69, 9.17) is 0 Å². The number of hydrogen-bond acceptors (Lipinski definition) is 1. The molecule has 0 spiro atoms. The fourth-order valence-corrected chi connectivity index (χ4v) is 0.993. The van der Waals surface area contributed by atoms with Gasteiger partial charge in [0.05, 0.1) is 6.20 Å². The summed E-state index contributed by atoms with van der Waals surface area (Å²) in [5, 5.41) is 0. The molecule has 2 heterocycles. The zero-order valence-corrected chi connectivity index (χ0v) is 5.73. The topological polar surface area (TPSA) is 21.2 Å². The molecule has 2 aromatic rings. The summed E-state index contributed by atoms with van der Waals surface area (Å²) in [6.07, 6.45) is 3.76. The van der Waals surface area contributed by atoms with Crippen LogP contribution in [-0.2, 0) is 7.05 Å². The van der Waals surface area contributed by atoms with Crippen molar-refractivity contribution >= 4 is 5.65 Å². The van der Waals surface area contributed by atoms with Crippen LogP contribution in [0, 0.1) is 0 Å². The van der Waals surface area contributed by atoms with E-state index in [0.717, 1.165) is 5.65 Å². The summed E-state index contributed by atoms with van der Waals surface area (Å²) in [5.41, 5.74) is 0.977. The van der Waals surface area contributed by atoms with Crippen LogP contribution in [0.3, 0.4) is 0 Å². The number of aryl methyl sites for hydroxylation is 1. The van der Waals surface area contributed by atoms with E-state index in [0.29, 0.717) is 0 Å². The lowest BCUT2D eigenvalue weighted by Crippen LogP contribution is -2.33. The average Bonchev–Trinajstić information content (AvgIpc) is 2.34. The van der Waals surface area contributed by atoms with Crippen molar-refractivity contribution < 1.29 is 4.68 Å². The van der Waals surface area contributed by atoms with Gasteiger partial charge in [-0.3, -0.25) is 0 Å². The molecule has 10 heavy (non-hydrogen) atoms. The second-order valence-corrected chi connectivity index (χ2v) is 2.22.